The molecule has 0 bridgehead atoms. The molecule has 0 amide bonds. The summed E-state index contributed by atoms with van der Waals surface area (Å²) in [5.74, 6) is 6.12. The summed E-state index contributed by atoms with van der Waals surface area (Å²) in [4.78, 5) is 0. The van der Waals surface area contributed by atoms with Crippen LogP contribution in [0.2, 0.25) is 5.02 Å². The number of halogens is 2. The molecule has 1 nitrogen and oxygen atoms in total. The number of rotatable bonds is 2. The smallest absolute Gasteiger partial charge is 0.0560 e. The molecule has 0 atom stereocenters. The van der Waals surface area contributed by atoms with Crippen LogP contribution in [0.3, 0.4) is 0 Å². The lowest BCUT2D eigenvalue weighted by molar-refractivity contribution is 0.818. The summed E-state index contributed by atoms with van der Waals surface area (Å²) < 4.78 is 0.903. The van der Waals surface area contributed by atoms with Gasteiger partial charge in [0, 0.05) is 23.0 Å². The number of nitrogens with one attached hydrogen (secondary N) is 1. The molecule has 1 aromatic carbocycles. The van der Waals surface area contributed by atoms with Crippen molar-refractivity contribution in [3.8, 4) is 11.8 Å². The highest BCUT2D eigenvalue weighted by molar-refractivity contribution is 9.10. The Morgan fingerprint density at radius 2 is 2.29 bits per heavy atom. The lowest BCUT2D eigenvalue weighted by Crippen LogP contribution is -2.05. The van der Waals surface area contributed by atoms with Crippen LogP contribution in [0.25, 0.3) is 0 Å². The lowest BCUT2D eigenvalue weighted by atomic mass is 10.2. The molecule has 14 heavy (non-hydrogen) atoms. The lowest BCUT2D eigenvalue weighted by Gasteiger charge is -1.95. The molecule has 0 unspecified atom stereocenters. The summed E-state index contributed by atoms with van der Waals surface area (Å²) >= 11 is 9.26. The van der Waals surface area contributed by atoms with Crippen LogP contribution in [0, 0.1) is 11.8 Å². The second-order valence-electron chi connectivity index (χ2n) is 2.78. The SMILES string of the molecule is CNCCC#Cc1ccc(Br)c(Cl)c1. The third kappa shape index (κ3) is 3.71. The van der Waals surface area contributed by atoms with Crippen molar-refractivity contribution in [2.45, 2.75) is 6.42 Å². The Hall–Kier alpha value is -0.490. The summed E-state index contributed by atoms with van der Waals surface area (Å²) in [6.45, 7) is 0.914. The van der Waals surface area contributed by atoms with E-state index in [-0.39, 0.29) is 0 Å². The first kappa shape index (κ1) is 11.6. The molecular formula is C11H11BrClN. The van der Waals surface area contributed by atoms with Gasteiger partial charge in [0.2, 0.25) is 0 Å². The van der Waals surface area contributed by atoms with Gasteiger partial charge in [-0.15, -0.1) is 0 Å². The first-order valence-corrected chi connectivity index (χ1v) is 5.49. The van der Waals surface area contributed by atoms with Crippen molar-refractivity contribution in [1.82, 2.24) is 5.32 Å². The van der Waals surface area contributed by atoms with E-state index in [0.717, 1.165) is 23.0 Å². The van der Waals surface area contributed by atoms with Crippen molar-refractivity contribution < 1.29 is 0 Å². The second kappa shape index (κ2) is 6.08. The van der Waals surface area contributed by atoms with Crippen LogP contribution < -0.4 is 5.32 Å². The van der Waals surface area contributed by atoms with Crippen molar-refractivity contribution >= 4 is 27.5 Å². The Morgan fingerprint density at radius 3 is 2.93 bits per heavy atom. The number of hydrogen-bond acceptors (Lipinski definition) is 1. The molecule has 0 aromatic heterocycles. The fourth-order valence-electron chi connectivity index (χ4n) is 0.926. The molecule has 3 heteroatoms. The number of benzene rings is 1. The van der Waals surface area contributed by atoms with Crippen LogP contribution in [-0.2, 0) is 0 Å². The van der Waals surface area contributed by atoms with Gasteiger partial charge in [-0.1, -0.05) is 23.4 Å². The van der Waals surface area contributed by atoms with Crippen LogP contribution >= 0.6 is 27.5 Å². The molecule has 74 valence electrons. The highest BCUT2D eigenvalue weighted by atomic mass is 79.9. The molecule has 1 aromatic rings. The van der Waals surface area contributed by atoms with Crippen LogP contribution in [0.15, 0.2) is 22.7 Å². The Bertz CT molecular complexity index is 365. The maximum Gasteiger partial charge on any atom is 0.0560 e. The van der Waals surface area contributed by atoms with Gasteiger partial charge in [0.15, 0.2) is 0 Å². The van der Waals surface area contributed by atoms with Gasteiger partial charge >= 0.3 is 0 Å². The average Bonchev–Trinajstić information content (AvgIpc) is 2.18. The highest BCUT2D eigenvalue weighted by Crippen LogP contribution is 2.22. The van der Waals surface area contributed by atoms with E-state index in [1.165, 1.54) is 0 Å². The predicted molar refractivity (Wildman–Crippen MR) is 64.6 cm³/mol. The van der Waals surface area contributed by atoms with Crippen molar-refractivity contribution in [3.05, 3.63) is 33.3 Å². The molecule has 0 aliphatic heterocycles. The summed E-state index contributed by atoms with van der Waals surface area (Å²) in [6, 6.07) is 5.71. The summed E-state index contributed by atoms with van der Waals surface area (Å²) in [7, 11) is 1.91. The zero-order valence-corrected chi connectivity index (χ0v) is 10.2. The maximum absolute atomic E-state index is 5.93. The van der Waals surface area contributed by atoms with Gasteiger partial charge in [-0.25, -0.2) is 0 Å². The summed E-state index contributed by atoms with van der Waals surface area (Å²) in [5, 5.41) is 3.74. The largest absolute Gasteiger partial charge is 0.319 e. The molecule has 0 fully saturated rings. The predicted octanol–water partition coefficient (Wildman–Crippen LogP) is 3.06. The second-order valence-corrected chi connectivity index (χ2v) is 4.05. The van der Waals surface area contributed by atoms with E-state index in [2.05, 4.69) is 33.1 Å². The Balaban J connectivity index is 2.66. The van der Waals surface area contributed by atoms with E-state index in [9.17, 15) is 0 Å². The average molecular weight is 273 g/mol. The van der Waals surface area contributed by atoms with Gasteiger partial charge in [0.25, 0.3) is 0 Å². The molecule has 0 aliphatic carbocycles. The third-order valence-corrected chi connectivity index (χ3v) is 2.88. The molecule has 0 saturated carbocycles. The van der Waals surface area contributed by atoms with Crippen molar-refractivity contribution in [1.29, 1.82) is 0 Å². The molecular weight excluding hydrogens is 261 g/mol. The third-order valence-electron chi connectivity index (χ3n) is 1.65. The van der Waals surface area contributed by atoms with Gasteiger partial charge in [0.1, 0.15) is 0 Å². The molecule has 0 saturated heterocycles. The minimum Gasteiger partial charge on any atom is -0.319 e. The van der Waals surface area contributed by atoms with Gasteiger partial charge < -0.3 is 5.32 Å². The van der Waals surface area contributed by atoms with Gasteiger partial charge in [-0.3, -0.25) is 0 Å². The topological polar surface area (TPSA) is 12.0 Å². The quantitative estimate of drug-likeness (QED) is 0.644. The summed E-state index contributed by atoms with van der Waals surface area (Å²) in [5.41, 5.74) is 0.953. The zero-order chi connectivity index (χ0) is 10.4. The minimum absolute atomic E-state index is 0.699. The maximum atomic E-state index is 5.93. The highest BCUT2D eigenvalue weighted by Gasteiger charge is 1.95. The van der Waals surface area contributed by atoms with E-state index in [1.807, 2.05) is 25.2 Å². The molecule has 1 N–H and O–H groups in total. The Morgan fingerprint density at radius 1 is 1.50 bits per heavy atom. The van der Waals surface area contributed by atoms with Crippen LogP contribution in [-0.4, -0.2) is 13.6 Å². The van der Waals surface area contributed by atoms with Crippen LogP contribution in [0.4, 0.5) is 0 Å². The van der Waals surface area contributed by atoms with Crippen molar-refractivity contribution in [2.24, 2.45) is 0 Å². The fraction of sp³-hybridized carbons (Fsp3) is 0.273. The van der Waals surface area contributed by atoms with Crippen molar-refractivity contribution in [2.75, 3.05) is 13.6 Å². The van der Waals surface area contributed by atoms with E-state index < -0.39 is 0 Å². The molecule has 0 spiro atoms. The standard InChI is InChI=1S/C11H11BrClN/c1-14-7-3-2-4-9-5-6-10(12)11(13)8-9/h5-6,8,14H,3,7H2,1H3. The van der Waals surface area contributed by atoms with E-state index in [1.54, 1.807) is 0 Å². The Kier molecular flexibility index (Phi) is 5.03. The van der Waals surface area contributed by atoms with Crippen LogP contribution in [0.1, 0.15) is 12.0 Å². The van der Waals surface area contributed by atoms with E-state index >= 15 is 0 Å². The first-order chi connectivity index (χ1) is 6.74. The van der Waals surface area contributed by atoms with Crippen molar-refractivity contribution in [3.63, 3.8) is 0 Å². The Labute approximate surface area is 98.0 Å². The molecule has 1 rings (SSSR count). The first-order valence-electron chi connectivity index (χ1n) is 4.32. The molecule has 0 radical (unpaired) electrons. The monoisotopic (exact) mass is 271 g/mol. The normalized spacial score (nSPS) is 9.36. The van der Waals surface area contributed by atoms with Gasteiger partial charge in [-0.2, -0.15) is 0 Å². The zero-order valence-electron chi connectivity index (χ0n) is 7.90. The van der Waals surface area contributed by atoms with Gasteiger partial charge in [-0.05, 0) is 41.2 Å². The number of hydrogen-bond donors (Lipinski definition) is 1. The van der Waals surface area contributed by atoms with E-state index in [0.29, 0.717) is 5.02 Å². The minimum atomic E-state index is 0.699. The summed E-state index contributed by atoms with van der Waals surface area (Å²) in [6.07, 6.45) is 0.851. The van der Waals surface area contributed by atoms with Gasteiger partial charge in [0.05, 0.1) is 5.02 Å². The molecule has 0 heterocycles. The van der Waals surface area contributed by atoms with E-state index in [4.69, 9.17) is 11.6 Å². The fourth-order valence-corrected chi connectivity index (χ4v) is 1.35. The van der Waals surface area contributed by atoms with Crippen LogP contribution in [0.5, 0.6) is 0 Å². The molecule has 0 aliphatic rings.